The third-order valence-corrected chi connectivity index (χ3v) is 7.12. The molecule has 2 aliphatic heterocycles. The molecule has 1 unspecified atom stereocenters. The number of aromatic nitrogens is 1. The third kappa shape index (κ3) is 2.75. The van der Waals surface area contributed by atoms with E-state index in [-0.39, 0.29) is 17.8 Å². The summed E-state index contributed by atoms with van der Waals surface area (Å²) in [6, 6.07) is 18.9. The van der Waals surface area contributed by atoms with E-state index in [4.69, 9.17) is 4.74 Å². The molecule has 6 heteroatoms. The highest BCUT2D eigenvalue weighted by Gasteiger charge is 2.57. The van der Waals surface area contributed by atoms with Gasteiger partial charge in [0.25, 0.3) is 0 Å². The van der Waals surface area contributed by atoms with Crippen molar-refractivity contribution in [2.75, 3.05) is 13.1 Å². The number of carbonyl (C=O) groups is 2. The zero-order valence-electron chi connectivity index (χ0n) is 17.5. The summed E-state index contributed by atoms with van der Waals surface area (Å²) >= 11 is 0. The van der Waals surface area contributed by atoms with E-state index in [9.17, 15) is 14.7 Å². The SMILES string of the molecule is O=C1OC2(CCN(C(=O)C3(c4ccc(-c5ccc(O)nc5)cc4)CC3)C2)c2ccccc21. The molecule has 3 aromatic rings. The summed E-state index contributed by atoms with van der Waals surface area (Å²) in [6.45, 7) is 0.993. The van der Waals surface area contributed by atoms with E-state index >= 15 is 0 Å². The normalized spacial score (nSPS) is 22.6. The van der Waals surface area contributed by atoms with Crippen LogP contribution in [0.1, 0.15) is 40.7 Å². The lowest BCUT2D eigenvalue weighted by molar-refractivity contribution is -0.134. The first-order valence-corrected chi connectivity index (χ1v) is 10.9. The molecule has 0 radical (unpaired) electrons. The second-order valence-electron chi connectivity index (χ2n) is 8.97. The number of benzene rings is 2. The highest BCUT2D eigenvalue weighted by atomic mass is 16.6. The molecule has 6 rings (SSSR count). The van der Waals surface area contributed by atoms with Gasteiger partial charge in [0.15, 0.2) is 5.60 Å². The fraction of sp³-hybridized carbons (Fsp3) is 0.269. The molecule has 2 fully saturated rings. The molecule has 3 heterocycles. The van der Waals surface area contributed by atoms with Gasteiger partial charge in [-0.25, -0.2) is 9.78 Å². The molecule has 1 N–H and O–H groups in total. The van der Waals surface area contributed by atoms with Crippen LogP contribution >= 0.6 is 0 Å². The van der Waals surface area contributed by atoms with Crippen LogP contribution < -0.4 is 0 Å². The summed E-state index contributed by atoms with van der Waals surface area (Å²) in [4.78, 5) is 31.8. The van der Waals surface area contributed by atoms with E-state index < -0.39 is 11.0 Å². The number of aromatic hydroxyl groups is 1. The molecule has 32 heavy (non-hydrogen) atoms. The van der Waals surface area contributed by atoms with Crippen molar-refractivity contribution in [3.63, 3.8) is 0 Å². The Morgan fingerprint density at radius 2 is 1.72 bits per heavy atom. The number of pyridine rings is 1. The Bertz CT molecular complexity index is 1230. The molecule has 1 aromatic heterocycles. The third-order valence-electron chi connectivity index (χ3n) is 7.12. The predicted molar refractivity (Wildman–Crippen MR) is 117 cm³/mol. The number of hydrogen-bond acceptors (Lipinski definition) is 5. The lowest BCUT2D eigenvalue weighted by Gasteiger charge is -2.27. The summed E-state index contributed by atoms with van der Waals surface area (Å²) in [6.07, 6.45) is 3.91. The van der Waals surface area contributed by atoms with E-state index in [1.807, 2.05) is 53.4 Å². The molecule has 1 saturated carbocycles. The van der Waals surface area contributed by atoms with Gasteiger partial charge in [-0.3, -0.25) is 4.79 Å². The summed E-state index contributed by atoms with van der Waals surface area (Å²) < 4.78 is 5.82. The molecule has 1 atom stereocenters. The second kappa shape index (κ2) is 6.66. The molecular weight excluding hydrogens is 404 g/mol. The number of nitrogens with zero attached hydrogens (tertiary/aromatic N) is 2. The number of likely N-dealkylation sites (tertiary alicyclic amines) is 1. The van der Waals surface area contributed by atoms with Crippen LogP contribution in [0.15, 0.2) is 66.9 Å². The smallest absolute Gasteiger partial charge is 0.339 e. The van der Waals surface area contributed by atoms with Gasteiger partial charge in [0.05, 0.1) is 17.5 Å². The lowest BCUT2D eigenvalue weighted by Crippen LogP contribution is -2.40. The van der Waals surface area contributed by atoms with Crippen LogP contribution in [0.25, 0.3) is 11.1 Å². The van der Waals surface area contributed by atoms with Gasteiger partial charge in [0.2, 0.25) is 11.8 Å². The largest absolute Gasteiger partial charge is 0.493 e. The summed E-state index contributed by atoms with van der Waals surface area (Å²) in [7, 11) is 0. The first-order valence-electron chi connectivity index (χ1n) is 10.9. The summed E-state index contributed by atoms with van der Waals surface area (Å²) in [5.74, 6) is -0.184. The molecule has 1 spiro atoms. The average Bonchev–Trinajstić information content (AvgIpc) is 3.46. The van der Waals surface area contributed by atoms with Gasteiger partial charge in [-0.05, 0) is 36.1 Å². The zero-order chi connectivity index (χ0) is 21.9. The second-order valence-corrected chi connectivity index (χ2v) is 8.97. The molecule has 1 aliphatic carbocycles. The highest BCUT2D eigenvalue weighted by molar-refractivity contribution is 5.96. The van der Waals surface area contributed by atoms with E-state index in [1.165, 1.54) is 0 Å². The standard InChI is InChI=1S/C26H22N2O4/c29-22-10-7-18(15-27-22)17-5-8-19(9-6-17)25(11-12-25)24(31)28-14-13-26(16-28)21-4-2-1-3-20(21)23(30)32-26/h1-10,15H,11-14,16H2,(H,27,29). The zero-order valence-corrected chi connectivity index (χ0v) is 17.5. The van der Waals surface area contributed by atoms with Gasteiger partial charge in [-0.15, -0.1) is 0 Å². The van der Waals surface area contributed by atoms with Crippen LogP contribution in [-0.2, 0) is 20.5 Å². The lowest BCUT2D eigenvalue weighted by atomic mass is 9.91. The van der Waals surface area contributed by atoms with Gasteiger partial charge in [-0.1, -0.05) is 42.5 Å². The summed E-state index contributed by atoms with van der Waals surface area (Å²) in [5, 5.41) is 9.39. The minimum atomic E-state index is -0.713. The number of amides is 1. The Kier molecular flexibility index (Phi) is 3.97. The Morgan fingerprint density at radius 3 is 2.44 bits per heavy atom. The monoisotopic (exact) mass is 426 g/mol. The summed E-state index contributed by atoms with van der Waals surface area (Å²) in [5.41, 5.74) is 3.23. The quantitative estimate of drug-likeness (QED) is 0.645. The Balaban J connectivity index is 1.24. The predicted octanol–water partition coefficient (Wildman–Crippen LogP) is 3.78. The van der Waals surface area contributed by atoms with Gasteiger partial charge in [0, 0.05) is 36.4 Å². The average molecular weight is 426 g/mol. The Labute approximate surface area is 185 Å². The number of esters is 1. The molecule has 1 amide bonds. The van der Waals surface area contributed by atoms with Crippen LogP contribution in [0, 0.1) is 0 Å². The van der Waals surface area contributed by atoms with Crippen molar-refractivity contribution in [1.82, 2.24) is 9.88 Å². The molecule has 2 aromatic carbocycles. The number of fused-ring (bicyclic) bond motifs is 2. The fourth-order valence-corrected chi connectivity index (χ4v) is 5.20. The Hall–Kier alpha value is -3.67. The van der Waals surface area contributed by atoms with Crippen LogP contribution in [0.2, 0.25) is 0 Å². The van der Waals surface area contributed by atoms with Crippen molar-refractivity contribution < 1.29 is 19.4 Å². The van der Waals surface area contributed by atoms with Crippen LogP contribution in [-0.4, -0.2) is 40.0 Å². The first kappa shape index (κ1) is 19.0. The molecule has 6 nitrogen and oxygen atoms in total. The number of hydrogen-bond donors (Lipinski definition) is 1. The van der Waals surface area contributed by atoms with E-state index in [1.54, 1.807) is 18.3 Å². The Morgan fingerprint density at radius 1 is 0.969 bits per heavy atom. The minimum absolute atomic E-state index is 0.00755. The highest BCUT2D eigenvalue weighted by Crippen LogP contribution is 2.52. The van der Waals surface area contributed by atoms with E-state index in [0.29, 0.717) is 25.1 Å². The van der Waals surface area contributed by atoms with Crippen LogP contribution in [0.5, 0.6) is 5.88 Å². The maximum atomic E-state index is 13.6. The van der Waals surface area contributed by atoms with Crippen LogP contribution in [0.4, 0.5) is 0 Å². The van der Waals surface area contributed by atoms with Crippen molar-refractivity contribution in [3.05, 3.63) is 83.6 Å². The van der Waals surface area contributed by atoms with Crippen molar-refractivity contribution in [2.24, 2.45) is 0 Å². The van der Waals surface area contributed by atoms with Gasteiger partial charge in [-0.2, -0.15) is 0 Å². The van der Waals surface area contributed by atoms with Gasteiger partial charge < -0.3 is 14.7 Å². The van der Waals surface area contributed by atoms with Gasteiger partial charge in [0.1, 0.15) is 0 Å². The van der Waals surface area contributed by atoms with Crippen molar-refractivity contribution in [2.45, 2.75) is 30.3 Å². The van der Waals surface area contributed by atoms with E-state index in [0.717, 1.165) is 35.1 Å². The van der Waals surface area contributed by atoms with Gasteiger partial charge >= 0.3 is 5.97 Å². The number of rotatable bonds is 3. The topological polar surface area (TPSA) is 79.7 Å². The van der Waals surface area contributed by atoms with Crippen LogP contribution in [0.3, 0.4) is 0 Å². The molecule has 0 bridgehead atoms. The molecule has 160 valence electrons. The minimum Gasteiger partial charge on any atom is -0.493 e. The molecule has 1 saturated heterocycles. The maximum absolute atomic E-state index is 13.6. The number of ether oxygens (including phenoxy) is 1. The molecular formula is C26H22N2O4. The van der Waals surface area contributed by atoms with E-state index in [2.05, 4.69) is 4.98 Å². The van der Waals surface area contributed by atoms with Crippen molar-refractivity contribution in [3.8, 4) is 17.0 Å². The fourth-order valence-electron chi connectivity index (χ4n) is 5.20. The maximum Gasteiger partial charge on any atom is 0.339 e. The first-order chi connectivity index (χ1) is 15.5. The number of carbonyl (C=O) groups excluding carboxylic acids is 2. The van der Waals surface area contributed by atoms with Crippen molar-refractivity contribution >= 4 is 11.9 Å². The van der Waals surface area contributed by atoms with Crippen molar-refractivity contribution in [1.29, 1.82) is 0 Å². The molecule has 3 aliphatic rings.